The Morgan fingerprint density at radius 3 is 2.50 bits per heavy atom. The molecule has 0 radical (unpaired) electrons. The molecule has 0 aliphatic heterocycles. The number of hydrogen-bond donors (Lipinski definition) is 2. The summed E-state index contributed by atoms with van der Waals surface area (Å²) < 4.78 is 5.16. The molecule has 0 aliphatic rings. The van der Waals surface area contributed by atoms with Crippen molar-refractivity contribution in [2.24, 2.45) is 0 Å². The first-order chi connectivity index (χ1) is 12.5. The number of nitrogens with zero attached hydrogens (tertiary/aromatic N) is 1. The minimum atomic E-state index is -0.337. The summed E-state index contributed by atoms with van der Waals surface area (Å²) in [6.07, 6.45) is 0. The van der Waals surface area contributed by atoms with Crippen molar-refractivity contribution in [2.75, 3.05) is 17.7 Å². The van der Waals surface area contributed by atoms with E-state index in [1.165, 1.54) is 28.0 Å². The molecule has 0 fully saturated rings. The second kappa shape index (κ2) is 7.58. The third kappa shape index (κ3) is 4.03. The molecule has 1 heterocycles. The molecule has 3 rings (SSSR count). The minimum absolute atomic E-state index is 0.337. The molecule has 6 heteroatoms. The van der Waals surface area contributed by atoms with E-state index in [2.05, 4.69) is 48.5 Å². The Balaban J connectivity index is 1.73. The summed E-state index contributed by atoms with van der Waals surface area (Å²) in [4.78, 5) is 16.8. The quantitative estimate of drug-likeness (QED) is 0.650. The molecule has 5 nitrogen and oxygen atoms in total. The van der Waals surface area contributed by atoms with Crippen LogP contribution in [-0.4, -0.2) is 18.1 Å². The lowest BCUT2D eigenvalue weighted by molar-refractivity contribution is 0.262. The molecule has 2 aromatic carbocycles. The lowest BCUT2D eigenvalue weighted by atomic mass is 9.98. The van der Waals surface area contributed by atoms with Crippen LogP contribution in [0.2, 0.25) is 0 Å². The number of amides is 2. The van der Waals surface area contributed by atoms with Gasteiger partial charge < -0.3 is 10.1 Å². The van der Waals surface area contributed by atoms with E-state index in [0.29, 0.717) is 16.6 Å². The number of anilines is 2. The van der Waals surface area contributed by atoms with Crippen LogP contribution in [0.25, 0.3) is 11.3 Å². The van der Waals surface area contributed by atoms with Gasteiger partial charge in [-0.1, -0.05) is 23.8 Å². The van der Waals surface area contributed by atoms with Gasteiger partial charge in [0.15, 0.2) is 5.13 Å². The van der Waals surface area contributed by atoms with Gasteiger partial charge in [0.05, 0.1) is 12.8 Å². The minimum Gasteiger partial charge on any atom is -0.497 e. The molecule has 0 aliphatic carbocycles. The lowest BCUT2D eigenvalue weighted by Crippen LogP contribution is -2.19. The highest BCUT2D eigenvalue weighted by molar-refractivity contribution is 7.14. The fourth-order valence-corrected chi connectivity index (χ4v) is 3.69. The first kappa shape index (κ1) is 17.9. The number of aromatic nitrogens is 1. The van der Waals surface area contributed by atoms with Gasteiger partial charge in [-0.25, -0.2) is 9.78 Å². The van der Waals surface area contributed by atoms with Crippen LogP contribution in [-0.2, 0) is 0 Å². The van der Waals surface area contributed by atoms with E-state index in [0.717, 1.165) is 11.3 Å². The van der Waals surface area contributed by atoms with Crippen molar-refractivity contribution in [1.29, 1.82) is 0 Å². The molecule has 2 amide bonds. The zero-order valence-electron chi connectivity index (χ0n) is 15.2. The highest BCUT2D eigenvalue weighted by Gasteiger charge is 2.12. The van der Waals surface area contributed by atoms with Gasteiger partial charge in [-0.3, -0.25) is 5.32 Å². The summed E-state index contributed by atoms with van der Waals surface area (Å²) in [5.41, 5.74) is 6.24. The first-order valence-electron chi connectivity index (χ1n) is 8.22. The highest BCUT2D eigenvalue weighted by Crippen LogP contribution is 2.31. The SMILES string of the molecule is COc1cccc(NC(=O)Nc2nc(-c3c(C)cc(C)cc3C)cs2)c1. The maximum atomic E-state index is 12.2. The van der Waals surface area contributed by atoms with Gasteiger partial charge in [0.2, 0.25) is 0 Å². The van der Waals surface area contributed by atoms with E-state index in [1.807, 2.05) is 17.5 Å². The Morgan fingerprint density at radius 2 is 1.81 bits per heavy atom. The predicted octanol–water partition coefficient (Wildman–Crippen LogP) is 5.39. The van der Waals surface area contributed by atoms with E-state index < -0.39 is 0 Å². The van der Waals surface area contributed by atoms with Crippen LogP contribution in [0, 0.1) is 20.8 Å². The Labute approximate surface area is 157 Å². The average molecular weight is 367 g/mol. The number of thiazole rings is 1. The molecule has 134 valence electrons. The van der Waals surface area contributed by atoms with E-state index in [4.69, 9.17) is 4.74 Å². The summed E-state index contributed by atoms with van der Waals surface area (Å²) in [6.45, 7) is 6.25. The Kier molecular flexibility index (Phi) is 5.23. The van der Waals surface area contributed by atoms with E-state index in [1.54, 1.807) is 19.2 Å². The van der Waals surface area contributed by atoms with Crippen molar-refractivity contribution in [3.05, 3.63) is 58.5 Å². The molecule has 3 aromatic rings. The zero-order chi connectivity index (χ0) is 18.7. The van der Waals surface area contributed by atoms with E-state index in [-0.39, 0.29) is 6.03 Å². The standard InChI is InChI=1S/C20H21N3O2S/c1-12-8-13(2)18(14(3)9-12)17-11-26-20(22-17)23-19(24)21-15-6-5-7-16(10-15)25-4/h5-11H,1-4H3,(H2,21,22,23,24). The van der Waals surface area contributed by atoms with Gasteiger partial charge in [-0.15, -0.1) is 11.3 Å². The molecule has 26 heavy (non-hydrogen) atoms. The van der Waals surface area contributed by atoms with Crippen LogP contribution < -0.4 is 15.4 Å². The molecule has 0 unspecified atom stereocenters. The number of carbonyl (C=O) groups excluding carboxylic acids is 1. The number of carbonyl (C=O) groups is 1. The van der Waals surface area contributed by atoms with Crippen molar-refractivity contribution in [2.45, 2.75) is 20.8 Å². The third-order valence-electron chi connectivity index (χ3n) is 3.99. The van der Waals surface area contributed by atoms with Crippen molar-refractivity contribution in [3.63, 3.8) is 0 Å². The molecule has 0 bridgehead atoms. The first-order valence-corrected chi connectivity index (χ1v) is 9.10. The van der Waals surface area contributed by atoms with E-state index in [9.17, 15) is 4.79 Å². The maximum absolute atomic E-state index is 12.2. The summed E-state index contributed by atoms with van der Waals surface area (Å²) >= 11 is 1.40. The Bertz CT molecular complexity index is 927. The van der Waals surface area contributed by atoms with Gasteiger partial charge in [-0.05, 0) is 44.0 Å². The highest BCUT2D eigenvalue weighted by atomic mass is 32.1. The summed E-state index contributed by atoms with van der Waals surface area (Å²) in [5, 5.41) is 8.09. The van der Waals surface area contributed by atoms with Gasteiger partial charge >= 0.3 is 6.03 Å². The van der Waals surface area contributed by atoms with Crippen molar-refractivity contribution in [3.8, 4) is 17.0 Å². The van der Waals surface area contributed by atoms with Gasteiger partial charge in [0, 0.05) is 22.7 Å². The van der Waals surface area contributed by atoms with Crippen LogP contribution in [0.1, 0.15) is 16.7 Å². The largest absolute Gasteiger partial charge is 0.497 e. The molecule has 0 saturated carbocycles. The smallest absolute Gasteiger partial charge is 0.325 e. The summed E-state index contributed by atoms with van der Waals surface area (Å²) in [6, 6.07) is 11.1. The predicted molar refractivity (Wildman–Crippen MR) is 107 cm³/mol. The summed E-state index contributed by atoms with van der Waals surface area (Å²) in [7, 11) is 1.59. The van der Waals surface area contributed by atoms with E-state index >= 15 is 0 Å². The number of ether oxygens (including phenoxy) is 1. The third-order valence-corrected chi connectivity index (χ3v) is 4.74. The van der Waals surface area contributed by atoms with Crippen LogP contribution in [0.3, 0.4) is 0 Å². The Morgan fingerprint density at radius 1 is 1.08 bits per heavy atom. The molecule has 2 N–H and O–H groups in total. The normalized spacial score (nSPS) is 10.5. The molecule has 1 aromatic heterocycles. The van der Waals surface area contributed by atoms with Gasteiger partial charge in [-0.2, -0.15) is 0 Å². The number of methoxy groups -OCH3 is 1. The monoisotopic (exact) mass is 367 g/mol. The van der Waals surface area contributed by atoms with Gasteiger partial charge in [0.25, 0.3) is 0 Å². The van der Waals surface area contributed by atoms with Crippen LogP contribution in [0.15, 0.2) is 41.8 Å². The number of urea groups is 1. The van der Waals surface area contributed by atoms with Crippen molar-refractivity contribution in [1.82, 2.24) is 4.98 Å². The fourth-order valence-electron chi connectivity index (χ4n) is 2.99. The van der Waals surface area contributed by atoms with Crippen LogP contribution in [0.5, 0.6) is 5.75 Å². The molecular weight excluding hydrogens is 346 g/mol. The number of rotatable bonds is 4. The number of hydrogen-bond acceptors (Lipinski definition) is 4. The fraction of sp³-hybridized carbons (Fsp3) is 0.200. The number of benzene rings is 2. The zero-order valence-corrected chi connectivity index (χ0v) is 16.0. The van der Waals surface area contributed by atoms with Crippen molar-refractivity contribution >= 4 is 28.2 Å². The lowest BCUT2D eigenvalue weighted by Gasteiger charge is -2.09. The van der Waals surface area contributed by atoms with Gasteiger partial charge in [0.1, 0.15) is 5.75 Å². The summed E-state index contributed by atoms with van der Waals surface area (Å²) in [5.74, 6) is 0.685. The average Bonchev–Trinajstić information content (AvgIpc) is 3.01. The number of nitrogens with one attached hydrogen (secondary N) is 2. The second-order valence-corrected chi connectivity index (χ2v) is 6.98. The number of aryl methyl sites for hydroxylation is 3. The molecular formula is C20H21N3O2S. The molecule has 0 saturated heterocycles. The second-order valence-electron chi connectivity index (χ2n) is 6.12. The molecule has 0 atom stereocenters. The molecule has 0 spiro atoms. The maximum Gasteiger partial charge on any atom is 0.325 e. The van der Waals surface area contributed by atoms with Crippen LogP contribution in [0.4, 0.5) is 15.6 Å². The van der Waals surface area contributed by atoms with Crippen molar-refractivity contribution < 1.29 is 9.53 Å². The Hall–Kier alpha value is -2.86. The van der Waals surface area contributed by atoms with Crippen LogP contribution >= 0.6 is 11.3 Å². The topological polar surface area (TPSA) is 63.2 Å².